The lowest BCUT2D eigenvalue weighted by atomic mass is 10.1. The standard InChI is InChI=1S/C16H19BrIN3/c1-3-9-19-16-15(18)13(4-2)20-14(21-16)10-11-7-5-6-8-12(11)17/h5-8H,3-4,9-10H2,1-2H3,(H,19,20,21). The number of anilines is 1. The van der Waals surface area contributed by atoms with Gasteiger partial charge in [-0.3, -0.25) is 0 Å². The number of hydrogen-bond acceptors (Lipinski definition) is 3. The third-order valence-electron chi connectivity index (χ3n) is 3.15. The fraction of sp³-hybridized carbons (Fsp3) is 0.375. The van der Waals surface area contributed by atoms with Gasteiger partial charge in [0.15, 0.2) is 0 Å². The summed E-state index contributed by atoms with van der Waals surface area (Å²) in [6, 6.07) is 8.23. The molecular formula is C16H19BrIN3. The number of rotatable bonds is 6. The maximum atomic E-state index is 4.72. The van der Waals surface area contributed by atoms with E-state index in [0.29, 0.717) is 0 Å². The second kappa shape index (κ2) is 8.08. The summed E-state index contributed by atoms with van der Waals surface area (Å²) in [4.78, 5) is 9.42. The lowest BCUT2D eigenvalue weighted by molar-refractivity contribution is 0.881. The number of aromatic nitrogens is 2. The van der Waals surface area contributed by atoms with Crippen molar-refractivity contribution in [1.82, 2.24) is 9.97 Å². The lowest BCUT2D eigenvalue weighted by Gasteiger charge is -2.12. The summed E-state index contributed by atoms with van der Waals surface area (Å²) in [5.41, 5.74) is 2.33. The summed E-state index contributed by atoms with van der Waals surface area (Å²) in [5.74, 6) is 1.84. The topological polar surface area (TPSA) is 37.8 Å². The van der Waals surface area contributed by atoms with Crippen LogP contribution >= 0.6 is 38.5 Å². The summed E-state index contributed by atoms with van der Waals surface area (Å²) in [5, 5.41) is 3.41. The predicted molar refractivity (Wildman–Crippen MR) is 99.9 cm³/mol. The molecule has 2 aromatic rings. The van der Waals surface area contributed by atoms with E-state index in [1.807, 2.05) is 12.1 Å². The Bertz CT molecular complexity index is 616. The first-order chi connectivity index (χ1) is 10.2. The molecule has 1 aromatic carbocycles. The van der Waals surface area contributed by atoms with Crippen molar-refractivity contribution in [3.63, 3.8) is 0 Å². The molecule has 0 aliphatic rings. The van der Waals surface area contributed by atoms with Crippen LogP contribution in [0.15, 0.2) is 28.7 Å². The van der Waals surface area contributed by atoms with Crippen molar-refractivity contribution in [2.45, 2.75) is 33.1 Å². The lowest BCUT2D eigenvalue weighted by Crippen LogP contribution is -2.11. The zero-order chi connectivity index (χ0) is 15.2. The molecule has 0 aliphatic heterocycles. The Morgan fingerprint density at radius 3 is 2.62 bits per heavy atom. The second-order valence-electron chi connectivity index (χ2n) is 4.80. The van der Waals surface area contributed by atoms with E-state index >= 15 is 0 Å². The van der Waals surface area contributed by atoms with Gasteiger partial charge in [0, 0.05) is 17.4 Å². The maximum absolute atomic E-state index is 4.72. The van der Waals surface area contributed by atoms with Gasteiger partial charge in [-0.05, 0) is 47.1 Å². The van der Waals surface area contributed by atoms with Crippen molar-refractivity contribution < 1.29 is 0 Å². The average Bonchev–Trinajstić information content (AvgIpc) is 2.49. The normalized spacial score (nSPS) is 10.7. The molecule has 5 heteroatoms. The molecule has 0 bridgehead atoms. The largest absolute Gasteiger partial charge is 0.369 e. The van der Waals surface area contributed by atoms with Gasteiger partial charge in [-0.2, -0.15) is 0 Å². The van der Waals surface area contributed by atoms with Crippen molar-refractivity contribution in [3.8, 4) is 0 Å². The molecule has 2 rings (SSSR count). The summed E-state index contributed by atoms with van der Waals surface area (Å²) in [6.45, 7) is 5.23. The molecule has 1 heterocycles. The van der Waals surface area contributed by atoms with Crippen molar-refractivity contribution in [3.05, 3.63) is 49.4 Å². The van der Waals surface area contributed by atoms with Crippen LogP contribution in [0, 0.1) is 3.57 Å². The Morgan fingerprint density at radius 2 is 1.95 bits per heavy atom. The van der Waals surface area contributed by atoms with Crippen LogP contribution in [0.5, 0.6) is 0 Å². The van der Waals surface area contributed by atoms with Crippen LogP contribution in [0.4, 0.5) is 5.82 Å². The van der Waals surface area contributed by atoms with Gasteiger partial charge in [0.25, 0.3) is 0 Å². The van der Waals surface area contributed by atoms with Crippen LogP contribution in [-0.4, -0.2) is 16.5 Å². The molecule has 0 atom stereocenters. The van der Waals surface area contributed by atoms with Gasteiger partial charge in [0.1, 0.15) is 11.6 Å². The Morgan fingerprint density at radius 1 is 1.19 bits per heavy atom. The van der Waals surface area contributed by atoms with Gasteiger partial charge < -0.3 is 5.32 Å². The first kappa shape index (κ1) is 16.7. The van der Waals surface area contributed by atoms with E-state index in [2.05, 4.69) is 69.8 Å². The van der Waals surface area contributed by atoms with Gasteiger partial charge in [0.2, 0.25) is 0 Å². The minimum atomic E-state index is 0.742. The number of aryl methyl sites for hydroxylation is 1. The number of nitrogens with one attached hydrogen (secondary N) is 1. The average molecular weight is 460 g/mol. The molecule has 0 unspecified atom stereocenters. The van der Waals surface area contributed by atoms with Gasteiger partial charge in [-0.25, -0.2) is 9.97 Å². The highest BCUT2D eigenvalue weighted by molar-refractivity contribution is 14.1. The minimum Gasteiger partial charge on any atom is -0.369 e. The molecule has 0 saturated carbocycles. The van der Waals surface area contributed by atoms with Gasteiger partial charge >= 0.3 is 0 Å². The van der Waals surface area contributed by atoms with Crippen molar-refractivity contribution >= 4 is 44.3 Å². The van der Waals surface area contributed by atoms with Crippen LogP contribution in [0.2, 0.25) is 0 Å². The predicted octanol–water partition coefficient (Wildman–Crippen LogP) is 4.82. The fourth-order valence-corrected chi connectivity index (χ4v) is 3.27. The Kier molecular flexibility index (Phi) is 6.41. The monoisotopic (exact) mass is 459 g/mol. The van der Waals surface area contributed by atoms with E-state index in [1.54, 1.807) is 0 Å². The molecule has 0 fully saturated rings. The number of halogens is 2. The van der Waals surface area contributed by atoms with E-state index < -0.39 is 0 Å². The third-order valence-corrected chi connectivity index (χ3v) is 5.06. The number of benzene rings is 1. The van der Waals surface area contributed by atoms with E-state index in [9.17, 15) is 0 Å². The van der Waals surface area contributed by atoms with E-state index in [1.165, 1.54) is 5.56 Å². The molecule has 0 amide bonds. The van der Waals surface area contributed by atoms with Gasteiger partial charge in [0.05, 0.1) is 9.26 Å². The van der Waals surface area contributed by atoms with Crippen LogP contribution in [-0.2, 0) is 12.8 Å². The molecule has 1 N–H and O–H groups in total. The summed E-state index contributed by atoms with van der Waals surface area (Å²) in [6.07, 6.45) is 2.75. The highest BCUT2D eigenvalue weighted by Crippen LogP contribution is 2.23. The number of nitrogens with zero attached hydrogens (tertiary/aromatic N) is 2. The molecule has 112 valence electrons. The van der Waals surface area contributed by atoms with Crippen molar-refractivity contribution in [2.75, 3.05) is 11.9 Å². The summed E-state index contributed by atoms with van der Waals surface area (Å²) < 4.78 is 2.24. The molecule has 1 aromatic heterocycles. The third kappa shape index (κ3) is 4.39. The fourth-order valence-electron chi connectivity index (χ4n) is 2.03. The van der Waals surface area contributed by atoms with E-state index in [-0.39, 0.29) is 0 Å². The second-order valence-corrected chi connectivity index (χ2v) is 6.73. The van der Waals surface area contributed by atoms with E-state index in [0.717, 1.165) is 51.2 Å². The first-order valence-corrected chi connectivity index (χ1v) is 9.05. The molecule has 0 saturated heterocycles. The molecular weight excluding hydrogens is 441 g/mol. The molecule has 21 heavy (non-hydrogen) atoms. The smallest absolute Gasteiger partial charge is 0.143 e. The molecule has 0 spiro atoms. The van der Waals surface area contributed by atoms with Crippen molar-refractivity contribution in [2.24, 2.45) is 0 Å². The summed E-state index contributed by atoms with van der Waals surface area (Å²) in [7, 11) is 0. The van der Waals surface area contributed by atoms with E-state index in [4.69, 9.17) is 9.97 Å². The van der Waals surface area contributed by atoms with Crippen LogP contribution in [0.25, 0.3) is 0 Å². The first-order valence-electron chi connectivity index (χ1n) is 7.18. The van der Waals surface area contributed by atoms with Crippen LogP contribution in [0.1, 0.15) is 37.4 Å². The van der Waals surface area contributed by atoms with Crippen LogP contribution < -0.4 is 5.32 Å². The molecule has 0 radical (unpaired) electrons. The Labute approximate surface area is 148 Å². The molecule has 0 aliphatic carbocycles. The highest BCUT2D eigenvalue weighted by atomic mass is 127. The quantitative estimate of drug-likeness (QED) is 0.629. The zero-order valence-corrected chi connectivity index (χ0v) is 16.0. The van der Waals surface area contributed by atoms with Crippen molar-refractivity contribution in [1.29, 1.82) is 0 Å². The zero-order valence-electron chi connectivity index (χ0n) is 12.3. The minimum absolute atomic E-state index is 0.742. The van der Waals surface area contributed by atoms with Crippen LogP contribution in [0.3, 0.4) is 0 Å². The maximum Gasteiger partial charge on any atom is 0.143 e. The van der Waals surface area contributed by atoms with Gasteiger partial charge in [-0.1, -0.05) is 48.0 Å². The highest BCUT2D eigenvalue weighted by Gasteiger charge is 2.12. The molecule has 3 nitrogen and oxygen atoms in total. The number of hydrogen-bond donors (Lipinski definition) is 1. The van der Waals surface area contributed by atoms with Gasteiger partial charge in [-0.15, -0.1) is 0 Å². The summed E-state index contributed by atoms with van der Waals surface area (Å²) >= 11 is 5.93. The SMILES string of the molecule is CCCNc1nc(Cc2ccccc2Br)nc(CC)c1I. The Balaban J connectivity index is 2.33. The Hall–Kier alpha value is -0.690.